The average Bonchev–Trinajstić information content (AvgIpc) is 1.44. The first-order chi connectivity index (χ1) is 45.5. The maximum absolute atomic E-state index is 13.2. The number of aliphatic hydroxyl groups excluding tert-OH is 12. The van der Waals surface area contributed by atoms with Crippen molar-refractivity contribution in [2.45, 2.75) is 271 Å². The summed E-state index contributed by atoms with van der Waals surface area (Å²) in [7, 11) is 0. The molecular formula is C54H106N16O26. The fourth-order valence-corrected chi connectivity index (χ4v) is 13.0. The van der Waals surface area contributed by atoms with E-state index in [1.807, 2.05) is 0 Å². The molecule has 8 fully saturated rings. The molecule has 0 aromatic carbocycles. The zero-order valence-corrected chi connectivity index (χ0v) is 52.8. The molecule has 38 atom stereocenters. The van der Waals surface area contributed by atoms with E-state index in [0.29, 0.717) is 25.7 Å². The van der Waals surface area contributed by atoms with E-state index < -0.39 is 245 Å². The first-order valence-electron chi connectivity index (χ1n) is 32.5. The van der Waals surface area contributed by atoms with Crippen LogP contribution in [0.15, 0.2) is 0 Å². The Hall–Kier alpha value is -2.90. The van der Waals surface area contributed by atoms with Crippen LogP contribution in [0.5, 0.6) is 0 Å². The van der Waals surface area contributed by atoms with E-state index in [1.165, 1.54) is 0 Å². The fraction of sp³-hybridized carbons (Fsp3) is 0.963. The topological polar surface area (TPSA) is 748 Å². The molecule has 4 amide bonds. The van der Waals surface area contributed by atoms with Crippen LogP contribution in [0.4, 0.5) is 9.59 Å². The Balaban J connectivity index is 0.823. The first-order valence-corrected chi connectivity index (χ1v) is 32.5. The molecule has 558 valence electrons. The summed E-state index contributed by atoms with van der Waals surface area (Å²) in [6.07, 6.45) is -41.2. The quantitative estimate of drug-likeness (QED) is 0.0340. The van der Waals surface area contributed by atoms with Crippen molar-refractivity contribution in [3.05, 3.63) is 0 Å². The lowest BCUT2D eigenvalue weighted by molar-refractivity contribution is -0.306. The number of carbonyl (C=O) groups is 2. The lowest BCUT2D eigenvalue weighted by Crippen LogP contribution is -2.68. The van der Waals surface area contributed by atoms with Gasteiger partial charge in [-0.25, -0.2) is 9.59 Å². The molecule has 8 aliphatic rings. The van der Waals surface area contributed by atoms with Gasteiger partial charge in [0.2, 0.25) is 0 Å². The molecule has 0 radical (unpaired) electrons. The average molecular weight is 1400 g/mol. The van der Waals surface area contributed by atoms with Crippen molar-refractivity contribution in [1.29, 1.82) is 0 Å². The van der Waals surface area contributed by atoms with Crippen LogP contribution in [0.25, 0.3) is 0 Å². The van der Waals surface area contributed by atoms with Crippen LogP contribution >= 0.6 is 0 Å². The fourth-order valence-electron chi connectivity index (χ4n) is 13.0. The Morgan fingerprint density at radius 2 is 0.562 bits per heavy atom. The summed E-state index contributed by atoms with van der Waals surface area (Å²) in [5.41, 5.74) is 73.4. The lowest BCUT2D eigenvalue weighted by atomic mass is 9.84. The lowest BCUT2D eigenvalue weighted by Gasteiger charge is -2.47. The monoisotopic (exact) mass is 1390 g/mol. The Kier molecular flexibility index (Phi) is 29.0. The van der Waals surface area contributed by atoms with Gasteiger partial charge in [-0.05, 0) is 25.7 Å². The van der Waals surface area contributed by atoms with Gasteiger partial charge in [-0.1, -0.05) is 12.8 Å². The number of amides is 4. The number of hydrogen-bond acceptors (Lipinski definition) is 38. The van der Waals surface area contributed by atoms with E-state index >= 15 is 0 Å². The largest absolute Gasteiger partial charge is 0.389 e. The van der Waals surface area contributed by atoms with Crippen molar-refractivity contribution in [1.82, 2.24) is 21.3 Å². The standard InChI is InChI=1S/C54H106N16O26/c55-9-19-31(73)35(77)25(63)47(85-19)91-41-17(61)7-15(59)29(71)45(41)95-51-39(81)43(93-49-27(65)37(79)33(75)21(11-57)87-49)23(89-51)13-69-53(83)67-5-3-1-2-4-6-68-54(84)70-14-24-44(94-50-28(66)38(80)34(76)22(12-58)88-50)40(82)52(90-24)96-46-30(72)16(60)8-18(62)42(46)92-48-26(64)36(78)32(74)20(10-56)86-48/h15-52,71-82H,1-14,55-66H2,(H2,67,69,83)(H2,68,70,84)/t15-,16+,17?,18?,19?,20?,21+,22-,23-,24-,25?,26?,27?,28?,29?,30+,31?,32?,33?,34?,35-,36-,37?,38?,39+,40?,41?,42?,43?,44?,45-,46?,47-,48+,49-,50+,51+,52+/m1/s1. The number of nitrogens with one attached hydrogen (secondary N) is 4. The number of nitrogens with two attached hydrogens (primary N) is 12. The second kappa shape index (κ2) is 35.3. The molecule has 0 bridgehead atoms. The maximum Gasteiger partial charge on any atom is 0.314 e. The molecule has 42 heteroatoms. The van der Waals surface area contributed by atoms with Gasteiger partial charge in [-0.2, -0.15) is 0 Å². The Labute approximate surface area is 552 Å². The number of ether oxygens (including phenoxy) is 12. The molecule has 0 aromatic rings. The predicted octanol–water partition coefficient (Wildman–Crippen LogP) is -16.6. The Morgan fingerprint density at radius 1 is 0.302 bits per heavy atom. The van der Waals surface area contributed by atoms with Crippen molar-refractivity contribution in [2.75, 3.05) is 52.4 Å². The van der Waals surface area contributed by atoms with E-state index in [2.05, 4.69) is 21.3 Å². The third-order valence-corrected chi connectivity index (χ3v) is 19.0. The van der Waals surface area contributed by atoms with Crippen molar-refractivity contribution in [3.63, 3.8) is 0 Å². The second-order valence-electron chi connectivity index (χ2n) is 25.8. The summed E-state index contributed by atoms with van der Waals surface area (Å²) in [4.78, 5) is 26.5. The molecule has 96 heavy (non-hydrogen) atoms. The van der Waals surface area contributed by atoms with Crippen molar-refractivity contribution < 1.29 is 128 Å². The van der Waals surface area contributed by atoms with Crippen LogP contribution in [0, 0.1) is 0 Å². The van der Waals surface area contributed by atoms with Crippen LogP contribution in [0.1, 0.15) is 38.5 Å². The minimum Gasteiger partial charge on any atom is -0.389 e. The number of urea groups is 2. The van der Waals surface area contributed by atoms with Gasteiger partial charge in [0.25, 0.3) is 0 Å². The normalized spacial score (nSPS) is 48.5. The van der Waals surface area contributed by atoms with Crippen LogP contribution in [-0.4, -0.2) is 358 Å². The molecule has 21 unspecified atom stereocenters. The van der Waals surface area contributed by atoms with Crippen LogP contribution in [0.2, 0.25) is 0 Å². The molecule has 40 N–H and O–H groups in total. The molecule has 2 saturated carbocycles. The molecular weight excluding hydrogens is 1290 g/mol. The number of rotatable bonds is 27. The minimum absolute atomic E-state index is 0.000247. The van der Waals surface area contributed by atoms with Crippen LogP contribution < -0.4 is 90.1 Å². The van der Waals surface area contributed by atoms with Gasteiger partial charge in [-0.3, -0.25) is 0 Å². The van der Waals surface area contributed by atoms with Gasteiger partial charge >= 0.3 is 12.1 Å². The summed E-state index contributed by atoms with van der Waals surface area (Å²) in [6, 6.07) is -10.6. The van der Waals surface area contributed by atoms with Gasteiger partial charge in [0.15, 0.2) is 37.7 Å². The molecule has 6 heterocycles. The number of unbranched alkanes of at least 4 members (excludes halogenated alkanes) is 3. The van der Waals surface area contributed by atoms with E-state index in [-0.39, 0.29) is 65.2 Å². The van der Waals surface area contributed by atoms with Gasteiger partial charge in [-0.15, -0.1) is 0 Å². The van der Waals surface area contributed by atoms with Gasteiger partial charge in [0.05, 0.1) is 36.4 Å². The highest BCUT2D eigenvalue weighted by atomic mass is 16.8. The highest BCUT2D eigenvalue weighted by Gasteiger charge is 2.58. The van der Waals surface area contributed by atoms with Crippen molar-refractivity contribution in [2.24, 2.45) is 68.8 Å². The third-order valence-electron chi connectivity index (χ3n) is 19.0. The summed E-state index contributed by atoms with van der Waals surface area (Å²) in [5, 5.41) is 142. The third kappa shape index (κ3) is 18.1. The van der Waals surface area contributed by atoms with E-state index in [9.17, 15) is 70.9 Å². The highest BCUT2D eigenvalue weighted by Crippen LogP contribution is 2.37. The van der Waals surface area contributed by atoms with Crippen LogP contribution in [-0.2, 0) is 56.8 Å². The van der Waals surface area contributed by atoms with Crippen molar-refractivity contribution >= 4 is 12.1 Å². The van der Waals surface area contributed by atoms with E-state index in [4.69, 9.17) is 126 Å². The molecule has 0 spiro atoms. The van der Waals surface area contributed by atoms with Crippen LogP contribution in [0.3, 0.4) is 0 Å². The summed E-state index contributed by atoms with van der Waals surface area (Å²) in [5.74, 6) is 0. The Bertz CT molecular complexity index is 2240. The molecule has 42 nitrogen and oxygen atoms in total. The molecule has 6 saturated heterocycles. The summed E-state index contributed by atoms with van der Waals surface area (Å²) in [6.45, 7) is -1.34. The van der Waals surface area contributed by atoms with Gasteiger partial charge in [0.1, 0.15) is 134 Å². The zero-order chi connectivity index (χ0) is 70.3. The minimum atomic E-state index is -1.76. The Morgan fingerprint density at radius 3 is 0.844 bits per heavy atom. The number of carbonyl (C=O) groups excluding carboxylic acids is 2. The van der Waals surface area contributed by atoms with Crippen molar-refractivity contribution in [3.8, 4) is 0 Å². The van der Waals surface area contributed by atoms with Gasteiger partial charge < -0.3 is 208 Å². The summed E-state index contributed by atoms with van der Waals surface area (Å²) >= 11 is 0. The number of hydrogen-bond donors (Lipinski definition) is 28. The molecule has 2 aliphatic carbocycles. The SMILES string of the molecule is NCC1O[C@H](OC2C(N)C[C@@H](N)C(O)[C@H]2O[C@@H]2O[C@H](CNC(=O)NCCCCCCNC(=O)NC[C@H]3O[C@@H](OC4C(O[C@@H]5OC(CN)C(O)[C@H](O)C5N)C(N)C[C@H](N)[C@@H]4O)C(O)C3O[C@@H]3O[C@H](CN)C(O)C(O)C3N)C(O[C@H]3O[C@@H](CN)C(O)C(O)C3N)[C@@H]2O)C(N)[C@@H](O)C1O. The molecule has 0 aromatic heterocycles. The molecule has 6 aliphatic heterocycles. The van der Waals surface area contributed by atoms with E-state index in [1.54, 1.807) is 0 Å². The smallest absolute Gasteiger partial charge is 0.314 e. The molecule has 8 rings (SSSR count). The zero-order valence-electron chi connectivity index (χ0n) is 52.8. The summed E-state index contributed by atoms with van der Waals surface area (Å²) < 4.78 is 72.3. The van der Waals surface area contributed by atoms with Gasteiger partial charge in [0, 0.05) is 76.5 Å². The number of aliphatic hydroxyl groups is 12. The second-order valence-corrected chi connectivity index (χ2v) is 25.8. The highest BCUT2D eigenvalue weighted by molar-refractivity contribution is 5.74. The first kappa shape index (κ1) is 78.8. The van der Waals surface area contributed by atoms with E-state index in [0.717, 1.165) is 0 Å². The predicted molar refractivity (Wildman–Crippen MR) is 324 cm³/mol. The maximum atomic E-state index is 13.2.